The van der Waals surface area contributed by atoms with E-state index in [1.54, 1.807) is 11.3 Å². The van der Waals surface area contributed by atoms with Crippen LogP contribution in [0.4, 0.5) is 5.00 Å². The van der Waals surface area contributed by atoms with E-state index in [1.807, 2.05) is 0 Å². The standard InChI is InChI=1S/C24H30N4O3S3/c1-4-11-28-21(15-12-16(5-2)32-13-15)26-27-24(28)33-14-19(29)25-22-20(23(30)31-3)17-9-7-6-8-10-18(17)34-22/h12-13H,4-11,14H2,1-3H3,(H,25,29). The third kappa shape index (κ3) is 5.39. The summed E-state index contributed by atoms with van der Waals surface area (Å²) in [6.07, 6.45) is 7.05. The quantitative estimate of drug-likeness (QED) is 0.218. The molecule has 1 aliphatic rings. The summed E-state index contributed by atoms with van der Waals surface area (Å²) < 4.78 is 7.13. The molecule has 0 spiro atoms. The second-order valence-corrected chi connectivity index (χ2v) is 11.3. The minimum atomic E-state index is -0.378. The molecule has 1 N–H and O–H groups in total. The number of anilines is 1. The molecule has 0 saturated heterocycles. The SMILES string of the molecule is CCCn1c(SCC(=O)Nc2sc3c(c2C(=O)OC)CCCCC3)nnc1-c1csc(CC)c1. The molecule has 0 bridgehead atoms. The van der Waals surface area contributed by atoms with Crippen LogP contribution in [-0.4, -0.2) is 39.5 Å². The third-order valence-electron chi connectivity index (χ3n) is 5.82. The largest absolute Gasteiger partial charge is 0.465 e. The molecule has 182 valence electrons. The van der Waals surface area contributed by atoms with Crippen LogP contribution in [0.15, 0.2) is 16.6 Å². The molecule has 10 heteroatoms. The van der Waals surface area contributed by atoms with Gasteiger partial charge in [-0.05, 0) is 50.2 Å². The van der Waals surface area contributed by atoms with Gasteiger partial charge in [0.1, 0.15) is 5.00 Å². The van der Waals surface area contributed by atoms with Gasteiger partial charge in [-0.3, -0.25) is 4.79 Å². The van der Waals surface area contributed by atoms with Gasteiger partial charge in [-0.1, -0.05) is 32.0 Å². The number of fused-ring (bicyclic) bond motifs is 1. The average Bonchev–Trinajstić information content (AvgIpc) is 3.51. The molecular formula is C24H30N4O3S3. The highest BCUT2D eigenvalue weighted by Gasteiger charge is 2.26. The van der Waals surface area contributed by atoms with Gasteiger partial charge in [0.05, 0.1) is 18.4 Å². The van der Waals surface area contributed by atoms with E-state index >= 15 is 0 Å². The number of hydrogen-bond acceptors (Lipinski definition) is 8. The Bertz CT molecular complexity index is 1160. The first-order chi connectivity index (χ1) is 16.5. The minimum absolute atomic E-state index is 0.164. The van der Waals surface area contributed by atoms with Crippen molar-refractivity contribution in [1.82, 2.24) is 14.8 Å². The van der Waals surface area contributed by atoms with Crippen LogP contribution in [0, 0.1) is 0 Å². The summed E-state index contributed by atoms with van der Waals surface area (Å²) in [5, 5.41) is 15.2. The van der Waals surface area contributed by atoms with Crippen molar-refractivity contribution in [1.29, 1.82) is 0 Å². The Balaban J connectivity index is 1.49. The highest BCUT2D eigenvalue weighted by Crippen LogP contribution is 2.38. The molecule has 3 aromatic rings. The zero-order valence-electron chi connectivity index (χ0n) is 19.8. The van der Waals surface area contributed by atoms with E-state index in [-0.39, 0.29) is 17.6 Å². The monoisotopic (exact) mass is 518 g/mol. The van der Waals surface area contributed by atoms with Crippen molar-refractivity contribution in [2.24, 2.45) is 0 Å². The van der Waals surface area contributed by atoms with E-state index < -0.39 is 0 Å². The van der Waals surface area contributed by atoms with Crippen LogP contribution < -0.4 is 5.32 Å². The van der Waals surface area contributed by atoms with Crippen molar-refractivity contribution in [3.63, 3.8) is 0 Å². The summed E-state index contributed by atoms with van der Waals surface area (Å²) in [6, 6.07) is 2.16. The van der Waals surface area contributed by atoms with Crippen LogP contribution in [0.5, 0.6) is 0 Å². The number of methoxy groups -OCH3 is 1. The molecule has 3 heterocycles. The van der Waals surface area contributed by atoms with Crippen molar-refractivity contribution in [2.45, 2.75) is 70.5 Å². The number of ether oxygens (including phenoxy) is 1. The number of nitrogens with zero attached hydrogens (tertiary/aromatic N) is 3. The molecule has 34 heavy (non-hydrogen) atoms. The molecule has 0 aromatic carbocycles. The highest BCUT2D eigenvalue weighted by molar-refractivity contribution is 7.99. The van der Waals surface area contributed by atoms with Crippen molar-refractivity contribution < 1.29 is 14.3 Å². The van der Waals surface area contributed by atoms with Gasteiger partial charge in [-0.25, -0.2) is 4.79 Å². The molecule has 4 rings (SSSR count). The maximum atomic E-state index is 12.9. The maximum Gasteiger partial charge on any atom is 0.341 e. The summed E-state index contributed by atoms with van der Waals surface area (Å²) >= 11 is 4.61. The zero-order chi connectivity index (χ0) is 24.1. The number of aromatic nitrogens is 3. The number of thiophene rings is 2. The summed E-state index contributed by atoms with van der Waals surface area (Å²) in [5.74, 6) is 0.491. The normalized spacial score (nSPS) is 13.4. The van der Waals surface area contributed by atoms with E-state index in [2.05, 4.69) is 45.4 Å². The lowest BCUT2D eigenvalue weighted by Gasteiger charge is -2.09. The highest BCUT2D eigenvalue weighted by atomic mass is 32.2. The van der Waals surface area contributed by atoms with Crippen LogP contribution >= 0.6 is 34.4 Å². The van der Waals surface area contributed by atoms with E-state index in [0.717, 1.165) is 73.6 Å². The fraction of sp³-hybridized carbons (Fsp3) is 0.500. The Hall–Kier alpha value is -2.17. The van der Waals surface area contributed by atoms with Crippen molar-refractivity contribution in [2.75, 3.05) is 18.2 Å². The molecule has 0 radical (unpaired) electrons. The Morgan fingerprint density at radius 1 is 1.21 bits per heavy atom. The van der Waals surface area contributed by atoms with Crippen molar-refractivity contribution in [3.05, 3.63) is 32.3 Å². The van der Waals surface area contributed by atoms with E-state index in [9.17, 15) is 9.59 Å². The predicted octanol–water partition coefficient (Wildman–Crippen LogP) is 5.83. The molecule has 7 nitrogen and oxygen atoms in total. The molecule has 1 amide bonds. The summed E-state index contributed by atoms with van der Waals surface area (Å²) in [7, 11) is 1.39. The van der Waals surface area contributed by atoms with Gasteiger partial charge in [0.25, 0.3) is 0 Å². The fourth-order valence-electron chi connectivity index (χ4n) is 4.16. The number of carbonyl (C=O) groups is 2. The number of amides is 1. The molecule has 1 aliphatic carbocycles. The van der Waals surface area contributed by atoms with E-state index in [0.29, 0.717) is 10.6 Å². The third-order valence-corrected chi connectivity index (χ3v) is 9.08. The minimum Gasteiger partial charge on any atom is -0.465 e. The van der Waals surface area contributed by atoms with Crippen LogP contribution in [0.3, 0.4) is 0 Å². The first-order valence-corrected chi connectivity index (χ1v) is 14.4. The molecule has 0 unspecified atom stereocenters. The maximum absolute atomic E-state index is 12.9. The van der Waals surface area contributed by atoms with Gasteiger partial charge < -0.3 is 14.6 Å². The Labute approximate surface area is 212 Å². The average molecular weight is 519 g/mol. The predicted molar refractivity (Wildman–Crippen MR) is 139 cm³/mol. The number of aryl methyl sites for hydroxylation is 2. The van der Waals surface area contributed by atoms with Gasteiger partial charge in [-0.2, -0.15) is 0 Å². The second-order valence-electron chi connectivity index (χ2n) is 8.21. The molecule has 3 aromatic heterocycles. The van der Waals surface area contributed by atoms with Gasteiger partial charge in [0.2, 0.25) is 5.91 Å². The lowest BCUT2D eigenvalue weighted by atomic mass is 10.1. The molecule has 0 fully saturated rings. The van der Waals surface area contributed by atoms with Crippen molar-refractivity contribution >= 4 is 51.3 Å². The van der Waals surface area contributed by atoms with Gasteiger partial charge in [0.15, 0.2) is 11.0 Å². The van der Waals surface area contributed by atoms with Gasteiger partial charge in [0, 0.05) is 27.2 Å². The van der Waals surface area contributed by atoms with Crippen LogP contribution in [0.2, 0.25) is 0 Å². The topological polar surface area (TPSA) is 86.1 Å². The Morgan fingerprint density at radius 3 is 2.76 bits per heavy atom. The van der Waals surface area contributed by atoms with Crippen LogP contribution in [0.1, 0.15) is 65.2 Å². The molecule has 0 aliphatic heterocycles. The number of hydrogen-bond donors (Lipinski definition) is 1. The number of nitrogens with one attached hydrogen (secondary N) is 1. The lowest BCUT2D eigenvalue weighted by Crippen LogP contribution is -2.16. The van der Waals surface area contributed by atoms with Gasteiger partial charge in [-0.15, -0.1) is 32.9 Å². The molecular weight excluding hydrogens is 488 g/mol. The van der Waals surface area contributed by atoms with Crippen LogP contribution in [-0.2, 0) is 35.3 Å². The first kappa shape index (κ1) is 24.9. The molecule has 0 saturated carbocycles. The van der Waals surface area contributed by atoms with Crippen molar-refractivity contribution in [3.8, 4) is 11.4 Å². The first-order valence-electron chi connectivity index (χ1n) is 11.7. The number of thioether (sulfide) groups is 1. The molecule has 0 atom stereocenters. The van der Waals surface area contributed by atoms with E-state index in [1.165, 1.54) is 40.0 Å². The smallest absolute Gasteiger partial charge is 0.341 e. The van der Waals surface area contributed by atoms with Crippen LogP contribution in [0.25, 0.3) is 11.4 Å². The lowest BCUT2D eigenvalue weighted by molar-refractivity contribution is -0.113. The van der Waals surface area contributed by atoms with E-state index in [4.69, 9.17) is 4.74 Å². The number of rotatable bonds is 9. The number of esters is 1. The summed E-state index contributed by atoms with van der Waals surface area (Å²) in [5.41, 5.74) is 2.65. The zero-order valence-corrected chi connectivity index (χ0v) is 22.3. The fourth-order valence-corrected chi connectivity index (χ4v) is 7.03. The summed E-state index contributed by atoms with van der Waals surface area (Å²) in [6.45, 7) is 5.04. The Morgan fingerprint density at radius 2 is 2.03 bits per heavy atom. The summed E-state index contributed by atoms with van der Waals surface area (Å²) in [4.78, 5) is 27.9. The number of carbonyl (C=O) groups excluding carboxylic acids is 2. The Kier molecular flexibility index (Phi) is 8.44. The second kappa shape index (κ2) is 11.5. The van der Waals surface area contributed by atoms with Gasteiger partial charge >= 0.3 is 5.97 Å².